The molecule has 2 rings (SSSR count). The van der Waals surface area contributed by atoms with Crippen LogP contribution in [0.3, 0.4) is 0 Å². The van der Waals surface area contributed by atoms with Crippen LogP contribution in [0.2, 0.25) is 0 Å². The number of methoxy groups -OCH3 is 1. The summed E-state index contributed by atoms with van der Waals surface area (Å²) in [7, 11) is 1.63. The van der Waals surface area contributed by atoms with E-state index in [0.717, 1.165) is 4.88 Å². The normalized spacial score (nSPS) is 10.5. The van der Waals surface area contributed by atoms with Crippen molar-refractivity contribution in [3.05, 3.63) is 39.0 Å². The van der Waals surface area contributed by atoms with E-state index >= 15 is 0 Å². The Labute approximate surface area is 128 Å². The summed E-state index contributed by atoms with van der Waals surface area (Å²) >= 11 is 4.62. The Hall–Kier alpha value is -1.51. The fraction of sp³-hybridized carbons (Fsp3) is 0.250. The Bertz CT molecular complexity index is 618. The van der Waals surface area contributed by atoms with Crippen molar-refractivity contribution in [1.29, 1.82) is 0 Å². The third-order valence-corrected chi connectivity index (χ3v) is 3.99. The van der Waals surface area contributed by atoms with Crippen molar-refractivity contribution >= 4 is 38.1 Å². The average molecular weight is 358 g/mol. The molecule has 0 unspecified atom stereocenters. The lowest BCUT2D eigenvalue weighted by Crippen LogP contribution is -2.06. The van der Waals surface area contributed by atoms with E-state index in [-0.39, 0.29) is 5.69 Å². The first-order chi connectivity index (χ1) is 9.61. The van der Waals surface area contributed by atoms with Gasteiger partial charge in [-0.15, -0.1) is 0 Å². The Morgan fingerprint density at radius 2 is 2.35 bits per heavy atom. The van der Waals surface area contributed by atoms with Crippen molar-refractivity contribution in [1.82, 2.24) is 4.98 Å². The van der Waals surface area contributed by atoms with E-state index in [4.69, 9.17) is 4.74 Å². The largest absolute Gasteiger partial charge is 0.383 e. The Balaban J connectivity index is 2.25. The number of benzene rings is 1. The molecule has 0 radical (unpaired) electrons. The predicted molar refractivity (Wildman–Crippen MR) is 82.3 cm³/mol. The first-order valence-corrected chi connectivity index (χ1v) is 7.35. The number of rotatable bonds is 6. The van der Waals surface area contributed by atoms with Gasteiger partial charge in [0.05, 0.1) is 22.0 Å². The highest BCUT2D eigenvalue weighted by molar-refractivity contribution is 9.10. The van der Waals surface area contributed by atoms with E-state index in [2.05, 4.69) is 26.2 Å². The fourth-order valence-corrected chi connectivity index (χ4v) is 2.83. The highest BCUT2D eigenvalue weighted by Gasteiger charge is 2.17. The van der Waals surface area contributed by atoms with Crippen LogP contribution < -0.4 is 5.32 Å². The second-order valence-electron chi connectivity index (χ2n) is 3.87. The molecular formula is C12H12BrN3O3S. The first-order valence-electron chi connectivity index (χ1n) is 5.74. The van der Waals surface area contributed by atoms with E-state index in [9.17, 15) is 10.1 Å². The quantitative estimate of drug-likeness (QED) is 0.486. The molecule has 1 heterocycles. The molecule has 0 spiro atoms. The number of nitro groups is 1. The summed E-state index contributed by atoms with van der Waals surface area (Å²) in [6.07, 6.45) is 1.63. The van der Waals surface area contributed by atoms with Gasteiger partial charge in [-0.2, -0.15) is 0 Å². The van der Waals surface area contributed by atoms with Crippen molar-refractivity contribution in [2.24, 2.45) is 0 Å². The minimum atomic E-state index is -0.391. The second-order valence-corrected chi connectivity index (χ2v) is 5.81. The SMILES string of the molecule is COCCNc1ncc(-c2ccc(Br)cc2[N+](=O)[O-])s1. The summed E-state index contributed by atoms with van der Waals surface area (Å²) < 4.78 is 5.62. The number of aromatic nitrogens is 1. The summed E-state index contributed by atoms with van der Waals surface area (Å²) in [5.41, 5.74) is 0.627. The van der Waals surface area contributed by atoms with Crippen LogP contribution in [0.1, 0.15) is 0 Å². The molecule has 2 aromatic rings. The zero-order valence-corrected chi connectivity index (χ0v) is 13.0. The van der Waals surface area contributed by atoms with Gasteiger partial charge in [0.2, 0.25) is 0 Å². The van der Waals surface area contributed by atoms with Gasteiger partial charge >= 0.3 is 0 Å². The molecule has 1 aromatic carbocycles. The smallest absolute Gasteiger partial charge is 0.279 e. The van der Waals surface area contributed by atoms with Gasteiger partial charge in [0, 0.05) is 30.4 Å². The Morgan fingerprint density at radius 1 is 1.55 bits per heavy atom. The fourth-order valence-electron chi connectivity index (χ4n) is 1.60. The number of hydrogen-bond acceptors (Lipinski definition) is 6. The molecule has 0 aliphatic rings. The standard InChI is InChI=1S/C12H12BrN3O3S/c1-19-5-4-14-12-15-7-11(20-12)9-3-2-8(13)6-10(9)16(17)18/h2-3,6-7H,4-5H2,1H3,(H,14,15). The molecule has 0 amide bonds. The zero-order valence-electron chi connectivity index (χ0n) is 10.6. The number of nitrogens with one attached hydrogen (secondary N) is 1. The van der Waals surface area contributed by atoms with Crippen molar-refractivity contribution in [2.45, 2.75) is 0 Å². The lowest BCUT2D eigenvalue weighted by atomic mass is 10.1. The van der Waals surface area contributed by atoms with Crippen LogP contribution in [0.5, 0.6) is 0 Å². The number of nitrogens with zero attached hydrogens (tertiary/aromatic N) is 2. The Morgan fingerprint density at radius 3 is 3.05 bits per heavy atom. The predicted octanol–water partition coefficient (Wildman–Crippen LogP) is 3.54. The maximum Gasteiger partial charge on any atom is 0.279 e. The number of ether oxygens (including phenoxy) is 1. The van der Waals surface area contributed by atoms with Crippen LogP contribution in [0.4, 0.5) is 10.8 Å². The second kappa shape index (κ2) is 6.78. The van der Waals surface area contributed by atoms with Gasteiger partial charge in [-0.05, 0) is 12.1 Å². The molecule has 0 aliphatic heterocycles. The number of nitro benzene ring substituents is 1. The Kier molecular flexibility index (Phi) is 5.05. The van der Waals surface area contributed by atoms with Gasteiger partial charge in [-0.3, -0.25) is 10.1 Å². The third-order valence-electron chi connectivity index (χ3n) is 2.51. The van der Waals surface area contributed by atoms with Gasteiger partial charge < -0.3 is 10.1 Å². The van der Waals surface area contributed by atoms with Gasteiger partial charge in [0.25, 0.3) is 5.69 Å². The number of thiazole rings is 1. The van der Waals surface area contributed by atoms with Crippen LogP contribution in [-0.4, -0.2) is 30.2 Å². The average Bonchev–Trinajstić information content (AvgIpc) is 2.87. The maximum atomic E-state index is 11.1. The summed E-state index contributed by atoms with van der Waals surface area (Å²) in [6, 6.07) is 4.99. The molecule has 8 heteroatoms. The van der Waals surface area contributed by atoms with Crippen molar-refractivity contribution in [2.75, 3.05) is 25.6 Å². The van der Waals surface area contributed by atoms with E-state index in [0.29, 0.717) is 28.3 Å². The third kappa shape index (κ3) is 3.53. The number of anilines is 1. The molecule has 0 aliphatic carbocycles. The molecule has 0 bridgehead atoms. The lowest BCUT2D eigenvalue weighted by molar-refractivity contribution is -0.384. The van der Waals surface area contributed by atoms with E-state index in [1.54, 1.807) is 25.4 Å². The van der Waals surface area contributed by atoms with Crippen molar-refractivity contribution in [3.63, 3.8) is 0 Å². The topological polar surface area (TPSA) is 77.3 Å². The summed E-state index contributed by atoms with van der Waals surface area (Å²) in [6.45, 7) is 1.22. The van der Waals surface area contributed by atoms with Crippen LogP contribution in [0.25, 0.3) is 10.4 Å². The number of halogens is 1. The molecule has 20 heavy (non-hydrogen) atoms. The molecule has 0 saturated carbocycles. The molecule has 0 fully saturated rings. The monoisotopic (exact) mass is 357 g/mol. The molecule has 0 saturated heterocycles. The minimum absolute atomic E-state index is 0.0615. The van der Waals surface area contributed by atoms with Gasteiger partial charge in [-0.25, -0.2) is 4.98 Å². The van der Waals surface area contributed by atoms with Crippen molar-refractivity contribution in [3.8, 4) is 10.4 Å². The van der Waals surface area contributed by atoms with Gasteiger partial charge in [0.1, 0.15) is 0 Å². The lowest BCUT2D eigenvalue weighted by Gasteiger charge is -2.01. The highest BCUT2D eigenvalue weighted by Crippen LogP contribution is 2.36. The van der Waals surface area contributed by atoms with Crippen LogP contribution in [-0.2, 0) is 4.74 Å². The summed E-state index contributed by atoms with van der Waals surface area (Å²) in [5.74, 6) is 0. The van der Waals surface area contributed by atoms with Gasteiger partial charge in [0.15, 0.2) is 5.13 Å². The van der Waals surface area contributed by atoms with E-state index in [1.807, 2.05) is 0 Å². The van der Waals surface area contributed by atoms with E-state index in [1.165, 1.54) is 17.4 Å². The van der Waals surface area contributed by atoms with E-state index < -0.39 is 4.92 Å². The maximum absolute atomic E-state index is 11.1. The number of hydrogen-bond donors (Lipinski definition) is 1. The molecule has 0 atom stereocenters. The van der Waals surface area contributed by atoms with Crippen LogP contribution >= 0.6 is 27.3 Å². The first kappa shape index (κ1) is 14.9. The summed E-state index contributed by atoms with van der Waals surface area (Å²) in [4.78, 5) is 15.7. The van der Waals surface area contributed by atoms with Gasteiger partial charge in [-0.1, -0.05) is 27.3 Å². The zero-order chi connectivity index (χ0) is 14.5. The molecule has 6 nitrogen and oxygen atoms in total. The molecule has 106 valence electrons. The molecular weight excluding hydrogens is 346 g/mol. The molecule has 1 N–H and O–H groups in total. The molecule has 1 aromatic heterocycles. The van der Waals surface area contributed by atoms with Crippen LogP contribution in [0, 0.1) is 10.1 Å². The van der Waals surface area contributed by atoms with Crippen molar-refractivity contribution < 1.29 is 9.66 Å². The minimum Gasteiger partial charge on any atom is -0.383 e. The highest BCUT2D eigenvalue weighted by atomic mass is 79.9. The van der Waals surface area contributed by atoms with Crippen LogP contribution in [0.15, 0.2) is 28.9 Å². The summed E-state index contributed by atoms with van der Waals surface area (Å²) in [5, 5.41) is 14.9.